The lowest BCUT2D eigenvalue weighted by atomic mass is 10.2. The molecule has 1 amide bonds. The van der Waals surface area contributed by atoms with Crippen LogP contribution >= 0.6 is 0 Å². The standard InChI is InChI=1S/C14H15N3O3/c1-9-7-16-12(8-15-9)14(18)17-11-6-10(19-2)4-5-13(11)20-3/h4-8H,1-3H3,(H,17,18). The molecule has 104 valence electrons. The smallest absolute Gasteiger partial charge is 0.275 e. The van der Waals surface area contributed by atoms with Crippen LogP contribution in [0.2, 0.25) is 0 Å². The summed E-state index contributed by atoms with van der Waals surface area (Å²) in [4.78, 5) is 20.1. The summed E-state index contributed by atoms with van der Waals surface area (Å²) in [7, 11) is 3.09. The van der Waals surface area contributed by atoms with Crippen molar-refractivity contribution in [3.05, 3.63) is 42.0 Å². The van der Waals surface area contributed by atoms with Crippen molar-refractivity contribution >= 4 is 11.6 Å². The van der Waals surface area contributed by atoms with Gasteiger partial charge in [-0.15, -0.1) is 0 Å². The second-order valence-corrected chi connectivity index (χ2v) is 4.06. The highest BCUT2D eigenvalue weighted by Gasteiger charge is 2.12. The van der Waals surface area contributed by atoms with Crippen LogP contribution in [0.5, 0.6) is 11.5 Å². The average Bonchev–Trinajstić information content (AvgIpc) is 2.47. The lowest BCUT2D eigenvalue weighted by molar-refractivity contribution is 0.102. The van der Waals surface area contributed by atoms with E-state index in [9.17, 15) is 4.79 Å². The summed E-state index contributed by atoms with van der Waals surface area (Å²) in [5, 5.41) is 2.73. The molecular formula is C14H15N3O3. The van der Waals surface area contributed by atoms with Gasteiger partial charge in [0.25, 0.3) is 5.91 Å². The normalized spacial score (nSPS) is 9.95. The van der Waals surface area contributed by atoms with Crippen LogP contribution in [0.4, 0.5) is 5.69 Å². The molecule has 0 radical (unpaired) electrons. The first-order valence-electron chi connectivity index (χ1n) is 5.96. The second kappa shape index (κ2) is 6.01. The molecule has 1 N–H and O–H groups in total. The second-order valence-electron chi connectivity index (χ2n) is 4.06. The van der Waals surface area contributed by atoms with Crippen molar-refractivity contribution in [1.82, 2.24) is 9.97 Å². The number of rotatable bonds is 4. The first kappa shape index (κ1) is 13.8. The molecule has 1 aromatic carbocycles. The van der Waals surface area contributed by atoms with Crippen molar-refractivity contribution in [2.24, 2.45) is 0 Å². The van der Waals surface area contributed by atoms with Crippen molar-refractivity contribution in [3.8, 4) is 11.5 Å². The fourth-order valence-corrected chi connectivity index (χ4v) is 1.61. The molecule has 0 aliphatic heterocycles. The van der Waals surface area contributed by atoms with E-state index in [0.29, 0.717) is 17.2 Å². The zero-order valence-electron chi connectivity index (χ0n) is 11.5. The molecule has 0 spiro atoms. The van der Waals surface area contributed by atoms with Gasteiger partial charge in [-0.05, 0) is 19.1 Å². The highest BCUT2D eigenvalue weighted by Crippen LogP contribution is 2.29. The first-order valence-corrected chi connectivity index (χ1v) is 5.96. The van der Waals surface area contributed by atoms with Crippen LogP contribution < -0.4 is 14.8 Å². The van der Waals surface area contributed by atoms with E-state index in [4.69, 9.17) is 9.47 Å². The van der Waals surface area contributed by atoms with E-state index in [-0.39, 0.29) is 11.6 Å². The van der Waals surface area contributed by atoms with E-state index in [1.165, 1.54) is 19.5 Å². The number of hydrogen-bond acceptors (Lipinski definition) is 5. The van der Waals surface area contributed by atoms with E-state index in [2.05, 4.69) is 15.3 Å². The molecule has 0 unspecified atom stereocenters. The largest absolute Gasteiger partial charge is 0.497 e. The van der Waals surface area contributed by atoms with Crippen LogP contribution in [-0.4, -0.2) is 30.1 Å². The number of carbonyl (C=O) groups excluding carboxylic acids is 1. The van der Waals surface area contributed by atoms with Gasteiger partial charge in [-0.25, -0.2) is 4.98 Å². The fraction of sp³-hybridized carbons (Fsp3) is 0.214. The molecule has 20 heavy (non-hydrogen) atoms. The van der Waals surface area contributed by atoms with Crippen LogP contribution in [0.1, 0.15) is 16.2 Å². The molecule has 2 aromatic rings. The number of benzene rings is 1. The van der Waals surface area contributed by atoms with E-state index >= 15 is 0 Å². The van der Waals surface area contributed by atoms with Crippen LogP contribution in [-0.2, 0) is 0 Å². The summed E-state index contributed by atoms with van der Waals surface area (Å²) >= 11 is 0. The van der Waals surface area contributed by atoms with Crippen molar-refractivity contribution < 1.29 is 14.3 Å². The SMILES string of the molecule is COc1ccc(OC)c(NC(=O)c2cnc(C)cn2)c1. The van der Waals surface area contributed by atoms with Gasteiger partial charge in [0.2, 0.25) is 0 Å². The minimum Gasteiger partial charge on any atom is -0.497 e. The summed E-state index contributed by atoms with van der Waals surface area (Å²) in [5.41, 5.74) is 1.50. The first-order chi connectivity index (χ1) is 9.63. The summed E-state index contributed by atoms with van der Waals surface area (Å²) < 4.78 is 10.3. The number of amides is 1. The summed E-state index contributed by atoms with van der Waals surface area (Å²) in [5.74, 6) is 0.805. The molecule has 1 heterocycles. The van der Waals surface area contributed by atoms with Gasteiger partial charge in [0.15, 0.2) is 0 Å². The highest BCUT2D eigenvalue weighted by atomic mass is 16.5. The number of hydrogen-bond donors (Lipinski definition) is 1. The van der Waals surface area contributed by atoms with Gasteiger partial charge in [0.1, 0.15) is 17.2 Å². The molecule has 6 heteroatoms. The monoisotopic (exact) mass is 273 g/mol. The Bertz CT molecular complexity index is 612. The number of methoxy groups -OCH3 is 2. The molecule has 0 aliphatic rings. The third-order valence-corrected chi connectivity index (χ3v) is 2.67. The van der Waals surface area contributed by atoms with Crippen molar-refractivity contribution in [2.45, 2.75) is 6.92 Å². The minimum atomic E-state index is -0.357. The molecule has 0 bridgehead atoms. The number of aromatic nitrogens is 2. The quantitative estimate of drug-likeness (QED) is 0.923. The van der Waals surface area contributed by atoms with Gasteiger partial charge in [0, 0.05) is 12.3 Å². The zero-order chi connectivity index (χ0) is 14.5. The van der Waals surface area contributed by atoms with Gasteiger partial charge in [-0.1, -0.05) is 0 Å². The number of aryl methyl sites for hydroxylation is 1. The number of nitrogens with one attached hydrogen (secondary N) is 1. The number of anilines is 1. The Morgan fingerprint density at radius 1 is 1.15 bits per heavy atom. The Labute approximate surface area is 116 Å². The lowest BCUT2D eigenvalue weighted by Crippen LogP contribution is -2.14. The highest BCUT2D eigenvalue weighted by molar-refractivity contribution is 6.03. The molecule has 0 saturated carbocycles. The maximum Gasteiger partial charge on any atom is 0.275 e. The Hall–Kier alpha value is -2.63. The molecule has 0 fully saturated rings. The van der Waals surface area contributed by atoms with Crippen LogP contribution in [0.3, 0.4) is 0 Å². The number of nitrogens with zero attached hydrogens (tertiary/aromatic N) is 2. The average molecular weight is 273 g/mol. The summed E-state index contributed by atoms with van der Waals surface area (Å²) in [6.07, 6.45) is 2.97. The molecule has 1 aromatic heterocycles. The van der Waals surface area contributed by atoms with E-state index in [0.717, 1.165) is 5.69 Å². The predicted octanol–water partition coefficient (Wildman–Crippen LogP) is 2.05. The van der Waals surface area contributed by atoms with Crippen LogP contribution in [0.15, 0.2) is 30.6 Å². The topological polar surface area (TPSA) is 73.3 Å². The van der Waals surface area contributed by atoms with Crippen LogP contribution in [0.25, 0.3) is 0 Å². The summed E-state index contributed by atoms with van der Waals surface area (Å²) in [6.45, 7) is 1.81. The molecule has 0 saturated heterocycles. The maximum atomic E-state index is 12.1. The molecule has 6 nitrogen and oxygen atoms in total. The van der Waals surface area contributed by atoms with Gasteiger partial charge < -0.3 is 14.8 Å². The Kier molecular flexibility index (Phi) is 4.14. The van der Waals surface area contributed by atoms with Crippen molar-refractivity contribution in [3.63, 3.8) is 0 Å². The van der Waals surface area contributed by atoms with E-state index in [1.54, 1.807) is 32.2 Å². The zero-order valence-corrected chi connectivity index (χ0v) is 11.5. The van der Waals surface area contributed by atoms with Gasteiger partial charge in [-0.3, -0.25) is 9.78 Å². The van der Waals surface area contributed by atoms with E-state index < -0.39 is 0 Å². The van der Waals surface area contributed by atoms with E-state index in [1.807, 2.05) is 0 Å². The van der Waals surface area contributed by atoms with Gasteiger partial charge in [-0.2, -0.15) is 0 Å². The van der Waals surface area contributed by atoms with Crippen LogP contribution in [0, 0.1) is 6.92 Å². The summed E-state index contributed by atoms with van der Waals surface area (Å²) in [6, 6.07) is 5.15. The molecule has 2 rings (SSSR count). The number of carbonyl (C=O) groups is 1. The van der Waals surface area contributed by atoms with Gasteiger partial charge in [0.05, 0.1) is 31.8 Å². The lowest BCUT2D eigenvalue weighted by Gasteiger charge is -2.11. The van der Waals surface area contributed by atoms with Crippen molar-refractivity contribution in [2.75, 3.05) is 19.5 Å². The molecular weight excluding hydrogens is 258 g/mol. The molecule has 0 aliphatic carbocycles. The predicted molar refractivity (Wildman–Crippen MR) is 74.3 cm³/mol. The maximum absolute atomic E-state index is 12.1. The Morgan fingerprint density at radius 3 is 2.55 bits per heavy atom. The van der Waals surface area contributed by atoms with Gasteiger partial charge >= 0.3 is 0 Å². The fourth-order valence-electron chi connectivity index (χ4n) is 1.61. The molecule has 0 atom stereocenters. The minimum absolute atomic E-state index is 0.237. The Morgan fingerprint density at radius 2 is 1.95 bits per heavy atom. The third-order valence-electron chi connectivity index (χ3n) is 2.67. The number of ether oxygens (including phenoxy) is 2. The Balaban J connectivity index is 2.24. The third kappa shape index (κ3) is 3.03. The van der Waals surface area contributed by atoms with Crippen molar-refractivity contribution in [1.29, 1.82) is 0 Å².